The summed E-state index contributed by atoms with van der Waals surface area (Å²) in [5, 5.41) is 8.27. The quantitative estimate of drug-likeness (QED) is 0.188. The Kier molecular flexibility index (Phi) is 10.0. The number of piperidine rings is 1. The first kappa shape index (κ1) is 32.3. The van der Waals surface area contributed by atoms with E-state index in [2.05, 4.69) is 15.6 Å². The second kappa shape index (κ2) is 14.0. The van der Waals surface area contributed by atoms with E-state index in [1.165, 1.54) is 0 Å². The summed E-state index contributed by atoms with van der Waals surface area (Å²) in [7, 11) is 1.70. The first-order valence-corrected chi connectivity index (χ1v) is 16.7. The zero-order chi connectivity index (χ0) is 31.6. The van der Waals surface area contributed by atoms with E-state index in [-0.39, 0.29) is 37.0 Å². The largest absolute Gasteiger partial charge is 0.487 e. The molecule has 0 spiro atoms. The predicted octanol–water partition coefficient (Wildman–Crippen LogP) is 5.93. The van der Waals surface area contributed by atoms with Crippen molar-refractivity contribution in [1.82, 2.24) is 20.5 Å². The van der Waals surface area contributed by atoms with Crippen LogP contribution in [0.1, 0.15) is 49.1 Å². The third kappa shape index (κ3) is 7.33. The molecule has 4 heterocycles. The topological polar surface area (TPSA) is 97.5 Å². The third-order valence-corrected chi connectivity index (χ3v) is 9.68. The number of carbonyl (C=O) groups is 1. The van der Waals surface area contributed by atoms with E-state index in [1.54, 1.807) is 13.3 Å². The number of nitrogens with one attached hydrogen (secondary N) is 2. The average Bonchev–Trinajstić information content (AvgIpc) is 3.97. The number of dihydropyridines is 1. The third-order valence-electron chi connectivity index (χ3n) is 8.78. The van der Waals surface area contributed by atoms with Crippen LogP contribution in [0.15, 0.2) is 53.0 Å². The minimum Gasteiger partial charge on any atom is -0.487 e. The number of aryl methyl sites for hydroxylation is 1. The van der Waals surface area contributed by atoms with Crippen molar-refractivity contribution in [2.24, 2.45) is 5.92 Å². The van der Waals surface area contributed by atoms with Gasteiger partial charge in [-0.1, -0.05) is 40.9 Å². The summed E-state index contributed by atoms with van der Waals surface area (Å²) in [5.41, 5.74) is 2.36. The molecule has 1 aromatic heterocycles. The van der Waals surface area contributed by atoms with Gasteiger partial charge in [0.2, 0.25) is 17.5 Å². The van der Waals surface area contributed by atoms with Crippen molar-refractivity contribution in [2.75, 3.05) is 46.6 Å². The maximum absolute atomic E-state index is 14.2. The number of pyridine rings is 1. The second-order valence-corrected chi connectivity index (χ2v) is 13.3. The van der Waals surface area contributed by atoms with E-state index in [0.29, 0.717) is 46.4 Å². The minimum absolute atomic E-state index is 0.0395. The Hall–Kier alpha value is -2.69. The number of halogens is 3. The molecule has 1 aromatic carbocycles. The van der Waals surface area contributed by atoms with Crippen molar-refractivity contribution < 1.29 is 23.7 Å². The summed E-state index contributed by atoms with van der Waals surface area (Å²) >= 11 is 19.2. The molecule has 1 unspecified atom stereocenters. The number of hydrogen-bond acceptors (Lipinski definition) is 8. The van der Waals surface area contributed by atoms with Crippen LogP contribution in [0.25, 0.3) is 0 Å². The molecule has 2 saturated heterocycles. The van der Waals surface area contributed by atoms with Gasteiger partial charge in [0.15, 0.2) is 11.5 Å². The number of ether oxygens (including phenoxy) is 4. The SMILES string of the molecule is COCCCC12NC=C(Cl)C(CN(C(=O)[C@H]3CNCC[C@@H]3c3ccc(OCCOc4c(Cl)cc(C)cc4Cl)nc3)C3CC3)=C1O2. The number of rotatable bonds is 14. The van der Waals surface area contributed by atoms with Crippen LogP contribution in [0.5, 0.6) is 11.6 Å². The number of aromatic nitrogens is 1. The smallest absolute Gasteiger partial charge is 0.238 e. The normalized spacial score (nSPS) is 23.8. The second-order valence-electron chi connectivity index (χ2n) is 12.1. The Bertz CT molecular complexity index is 1440. The van der Waals surface area contributed by atoms with E-state index in [0.717, 1.165) is 61.1 Å². The number of methoxy groups -OCH3 is 1. The molecule has 3 aliphatic heterocycles. The van der Waals surface area contributed by atoms with Crippen molar-refractivity contribution >= 4 is 40.7 Å². The molecule has 1 aliphatic carbocycles. The molecule has 9 nitrogen and oxygen atoms in total. The standard InChI is InChI=1S/C33H39Cl3N4O5/c1-20-14-26(34)30(27(35)15-20)44-13-12-43-29-7-4-21(16-38-29)23-8-10-37-17-24(23)32(41)40(22-5-6-22)19-25-28(36)18-39-33(31(25)45-33)9-3-11-42-2/h4,7,14-16,18,22-24,37,39H,3,5-6,8-13,17,19H2,1-2H3/t23-,24+,33?/m1/s1. The van der Waals surface area contributed by atoms with Gasteiger partial charge in [-0.05, 0) is 68.3 Å². The van der Waals surface area contributed by atoms with Crippen LogP contribution in [0.3, 0.4) is 0 Å². The number of fused-ring (bicyclic) bond motifs is 1. The number of benzene rings is 1. The lowest BCUT2D eigenvalue weighted by molar-refractivity contribution is -0.136. The van der Waals surface area contributed by atoms with Crippen molar-refractivity contribution in [3.63, 3.8) is 0 Å². The Balaban J connectivity index is 1.09. The molecule has 242 valence electrons. The lowest BCUT2D eigenvalue weighted by Gasteiger charge is -2.36. The monoisotopic (exact) mass is 676 g/mol. The maximum atomic E-state index is 14.2. The summed E-state index contributed by atoms with van der Waals surface area (Å²) in [4.78, 5) is 20.8. The Morgan fingerprint density at radius 1 is 1.11 bits per heavy atom. The molecule has 0 radical (unpaired) electrons. The number of hydrogen-bond donors (Lipinski definition) is 2. The lowest BCUT2D eigenvalue weighted by Crippen LogP contribution is -2.48. The average molecular weight is 678 g/mol. The van der Waals surface area contributed by atoms with E-state index in [1.807, 2.05) is 42.3 Å². The van der Waals surface area contributed by atoms with Gasteiger partial charge in [0, 0.05) is 56.8 Å². The van der Waals surface area contributed by atoms with Gasteiger partial charge < -0.3 is 34.5 Å². The van der Waals surface area contributed by atoms with Gasteiger partial charge in [-0.15, -0.1) is 0 Å². The molecule has 1 amide bonds. The zero-order valence-electron chi connectivity index (χ0n) is 25.5. The highest BCUT2D eigenvalue weighted by Gasteiger charge is 2.56. The van der Waals surface area contributed by atoms with Gasteiger partial charge in [0.25, 0.3) is 0 Å². The zero-order valence-corrected chi connectivity index (χ0v) is 27.8. The fraction of sp³-hybridized carbons (Fsp3) is 0.515. The summed E-state index contributed by atoms with van der Waals surface area (Å²) in [6.07, 6.45) is 8.10. The molecule has 6 rings (SSSR count). The van der Waals surface area contributed by atoms with Crippen LogP contribution in [-0.4, -0.2) is 74.1 Å². The lowest BCUT2D eigenvalue weighted by atomic mass is 9.80. The van der Waals surface area contributed by atoms with Gasteiger partial charge in [-0.2, -0.15) is 0 Å². The van der Waals surface area contributed by atoms with Gasteiger partial charge in [0.1, 0.15) is 13.2 Å². The van der Waals surface area contributed by atoms with Crippen molar-refractivity contribution in [3.8, 4) is 11.6 Å². The van der Waals surface area contributed by atoms with Crippen molar-refractivity contribution in [1.29, 1.82) is 0 Å². The maximum Gasteiger partial charge on any atom is 0.238 e. The minimum atomic E-state index is -0.526. The fourth-order valence-electron chi connectivity index (χ4n) is 6.26. The van der Waals surface area contributed by atoms with Gasteiger partial charge >= 0.3 is 0 Å². The number of epoxide rings is 1. The van der Waals surface area contributed by atoms with E-state index in [9.17, 15) is 4.79 Å². The van der Waals surface area contributed by atoms with Crippen LogP contribution < -0.4 is 20.1 Å². The highest BCUT2D eigenvalue weighted by molar-refractivity contribution is 6.37. The first-order chi connectivity index (χ1) is 21.8. The molecule has 12 heteroatoms. The van der Waals surface area contributed by atoms with Crippen molar-refractivity contribution in [2.45, 2.75) is 56.7 Å². The van der Waals surface area contributed by atoms with Crippen LogP contribution in [0.2, 0.25) is 10.0 Å². The van der Waals surface area contributed by atoms with Crippen LogP contribution in [-0.2, 0) is 14.3 Å². The summed E-state index contributed by atoms with van der Waals surface area (Å²) in [5.74, 6) is 1.74. The summed E-state index contributed by atoms with van der Waals surface area (Å²) < 4.78 is 22.9. The van der Waals surface area contributed by atoms with Crippen LogP contribution in [0, 0.1) is 12.8 Å². The number of nitrogens with zero attached hydrogens (tertiary/aromatic N) is 2. The molecule has 2 aromatic rings. The predicted molar refractivity (Wildman–Crippen MR) is 174 cm³/mol. The summed E-state index contributed by atoms with van der Waals surface area (Å²) in [6, 6.07) is 7.69. The molecule has 45 heavy (non-hydrogen) atoms. The van der Waals surface area contributed by atoms with Gasteiger partial charge in [-0.3, -0.25) is 4.79 Å². The molecule has 1 saturated carbocycles. The fourth-order valence-corrected chi connectivity index (χ4v) is 7.16. The molecular formula is C33H39Cl3N4O5. The first-order valence-electron chi connectivity index (χ1n) is 15.5. The Labute approximate surface area is 279 Å². The molecule has 3 atom stereocenters. The molecule has 4 aliphatic rings. The van der Waals surface area contributed by atoms with E-state index >= 15 is 0 Å². The van der Waals surface area contributed by atoms with Gasteiger partial charge in [-0.25, -0.2) is 4.98 Å². The number of amides is 1. The van der Waals surface area contributed by atoms with E-state index in [4.69, 9.17) is 53.8 Å². The molecule has 3 fully saturated rings. The molecular weight excluding hydrogens is 639 g/mol. The Morgan fingerprint density at radius 2 is 1.89 bits per heavy atom. The van der Waals surface area contributed by atoms with Gasteiger partial charge in [0.05, 0.1) is 27.5 Å². The molecule has 0 bridgehead atoms. The van der Waals surface area contributed by atoms with Crippen LogP contribution >= 0.6 is 34.8 Å². The summed E-state index contributed by atoms with van der Waals surface area (Å²) in [6.45, 7) is 5.01. The Morgan fingerprint density at radius 3 is 2.60 bits per heavy atom. The number of carbonyl (C=O) groups excluding carboxylic acids is 1. The van der Waals surface area contributed by atoms with E-state index < -0.39 is 5.72 Å². The molecule has 2 N–H and O–H groups in total. The highest BCUT2D eigenvalue weighted by Crippen LogP contribution is 2.50. The van der Waals surface area contributed by atoms with Crippen molar-refractivity contribution in [3.05, 3.63) is 74.2 Å². The van der Waals surface area contributed by atoms with Crippen LogP contribution in [0.4, 0.5) is 0 Å². The highest BCUT2D eigenvalue weighted by atomic mass is 35.5.